The number of nitrogen functional groups attached to an aromatic ring is 1. The van der Waals surface area contributed by atoms with Gasteiger partial charge in [0.05, 0.1) is 6.04 Å². The molecule has 10 heteroatoms. The molecule has 1 saturated carbocycles. The number of nitrogens with zero attached hydrogens (tertiary/aromatic N) is 3. The highest BCUT2D eigenvalue weighted by Crippen LogP contribution is 2.38. The van der Waals surface area contributed by atoms with Crippen molar-refractivity contribution in [2.75, 3.05) is 12.8 Å². The lowest BCUT2D eigenvalue weighted by atomic mass is 9.96. The van der Waals surface area contributed by atoms with Crippen molar-refractivity contribution < 1.29 is 22.4 Å². The number of primary amides is 1. The zero-order valence-corrected chi connectivity index (χ0v) is 17.1. The van der Waals surface area contributed by atoms with Gasteiger partial charge in [0.25, 0.3) is 5.91 Å². The van der Waals surface area contributed by atoms with Gasteiger partial charge in [-0.2, -0.15) is 18.3 Å². The van der Waals surface area contributed by atoms with Crippen LogP contribution in [0.2, 0.25) is 0 Å². The Morgan fingerprint density at radius 1 is 1.12 bits per heavy atom. The van der Waals surface area contributed by atoms with Gasteiger partial charge >= 0.3 is 6.18 Å². The first-order valence-corrected chi connectivity index (χ1v) is 9.90. The van der Waals surface area contributed by atoms with Gasteiger partial charge in [0.15, 0.2) is 5.69 Å². The fraction of sp³-hybridized carbons (Fsp3) is 0.273. The van der Waals surface area contributed by atoms with Crippen molar-refractivity contribution in [3.8, 4) is 5.69 Å². The van der Waals surface area contributed by atoms with Crippen LogP contribution in [0, 0.1) is 5.82 Å². The van der Waals surface area contributed by atoms with E-state index in [0.29, 0.717) is 28.0 Å². The van der Waals surface area contributed by atoms with Crippen molar-refractivity contribution >= 4 is 11.6 Å². The van der Waals surface area contributed by atoms with Crippen LogP contribution in [0.1, 0.15) is 46.2 Å². The Bertz CT molecular complexity index is 1150. The van der Waals surface area contributed by atoms with Crippen LogP contribution >= 0.6 is 0 Å². The van der Waals surface area contributed by atoms with Crippen molar-refractivity contribution in [2.24, 2.45) is 5.73 Å². The van der Waals surface area contributed by atoms with Crippen LogP contribution in [-0.2, 0) is 6.18 Å². The molecule has 32 heavy (non-hydrogen) atoms. The van der Waals surface area contributed by atoms with E-state index in [9.17, 15) is 22.4 Å². The topological polar surface area (TPSA) is 90.2 Å². The minimum Gasteiger partial charge on any atom is -0.399 e. The maximum absolute atomic E-state index is 14.8. The number of amides is 1. The highest BCUT2D eigenvalue weighted by atomic mass is 19.4. The van der Waals surface area contributed by atoms with Crippen LogP contribution < -0.4 is 11.5 Å². The van der Waals surface area contributed by atoms with Gasteiger partial charge in [0.1, 0.15) is 17.2 Å². The molecule has 1 aromatic heterocycles. The molecule has 6 nitrogen and oxygen atoms in total. The average Bonchev–Trinajstić information content (AvgIpc) is 3.47. The van der Waals surface area contributed by atoms with E-state index in [1.807, 2.05) is 19.2 Å². The minimum absolute atomic E-state index is 0.295. The first kappa shape index (κ1) is 21.8. The number of rotatable bonds is 6. The Hall–Kier alpha value is -3.40. The third-order valence-electron chi connectivity index (χ3n) is 5.55. The van der Waals surface area contributed by atoms with E-state index in [4.69, 9.17) is 11.5 Å². The quantitative estimate of drug-likeness (QED) is 0.443. The van der Waals surface area contributed by atoms with Crippen molar-refractivity contribution in [3.05, 3.63) is 76.9 Å². The molecule has 1 heterocycles. The molecule has 0 spiro atoms. The molecule has 4 N–H and O–H groups in total. The van der Waals surface area contributed by atoms with Crippen molar-refractivity contribution in [2.45, 2.75) is 31.1 Å². The molecule has 1 aliphatic rings. The number of benzene rings is 2. The molecule has 0 aliphatic heterocycles. The lowest BCUT2D eigenvalue weighted by molar-refractivity contribution is -0.141. The predicted octanol–water partition coefficient (Wildman–Crippen LogP) is 3.89. The molecular formula is C22H21F4N5O. The first-order valence-electron chi connectivity index (χ1n) is 9.90. The summed E-state index contributed by atoms with van der Waals surface area (Å²) in [6.45, 7) is 0. The Morgan fingerprint density at radius 3 is 2.31 bits per heavy atom. The summed E-state index contributed by atoms with van der Waals surface area (Å²) in [6.07, 6.45) is -2.80. The lowest BCUT2D eigenvalue weighted by Gasteiger charge is -2.29. The van der Waals surface area contributed by atoms with Crippen LogP contribution in [0.5, 0.6) is 0 Å². The van der Waals surface area contributed by atoms with Gasteiger partial charge < -0.3 is 11.5 Å². The number of alkyl halides is 3. The Morgan fingerprint density at radius 2 is 1.75 bits per heavy atom. The van der Waals surface area contributed by atoms with E-state index in [2.05, 4.69) is 10.00 Å². The molecular weight excluding hydrogens is 426 g/mol. The highest BCUT2D eigenvalue weighted by molar-refractivity contribution is 5.91. The number of carbonyl (C=O) groups excluding carboxylic acids is 1. The van der Waals surface area contributed by atoms with Crippen LogP contribution in [0.3, 0.4) is 0 Å². The van der Waals surface area contributed by atoms with Crippen LogP contribution in [0.4, 0.5) is 23.2 Å². The molecule has 1 aliphatic carbocycles. The molecule has 0 saturated heterocycles. The van der Waals surface area contributed by atoms with Gasteiger partial charge in [-0.15, -0.1) is 0 Å². The Balaban J connectivity index is 1.85. The third kappa shape index (κ3) is 4.18. The van der Waals surface area contributed by atoms with Gasteiger partial charge in [-0.3, -0.25) is 9.69 Å². The summed E-state index contributed by atoms with van der Waals surface area (Å²) < 4.78 is 54.9. The zero-order valence-electron chi connectivity index (χ0n) is 17.1. The second-order valence-electron chi connectivity index (χ2n) is 7.87. The van der Waals surface area contributed by atoms with Crippen molar-refractivity contribution in [1.82, 2.24) is 14.7 Å². The van der Waals surface area contributed by atoms with E-state index in [1.54, 1.807) is 18.2 Å². The highest BCUT2D eigenvalue weighted by Gasteiger charge is 2.37. The van der Waals surface area contributed by atoms with Crippen LogP contribution in [-0.4, -0.2) is 33.7 Å². The lowest BCUT2D eigenvalue weighted by Crippen LogP contribution is -2.28. The summed E-state index contributed by atoms with van der Waals surface area (Å²) in [7, 11) is 1.94. The first-order chi connectivity index (χ1) is 15.1. The smallest absolute Gasteiger partial charge is 0.399 e. The molecule has 1 atom stereocenters. The summed E-state index contributed by atoms with van der Waals surface area (Å²) in [5, 5.41) is 3.43. The Labute approximate surface area is 181 Å². The van der Waals surface area contributed by atoms with E-state index >= 15 is 0 Å². The summed E-state index contributed by atoms with van der Waals surface area (Å²) >= 11 is 0. The molecule has 0 radical (unpaired) electrons. The predicted molar refractivity (Wildman–Crippen MR) is 111 cm³/mol. The fourth-order valence-electron chi connectivity index (χ4n) is 3.77. The molecule has 2 aromatic carbocycles. The average molecular weight is 447 g/mol. The number of nitrogens with two attached hydrogens (primary N) is 2. The second-order valence-corrected chi connectivity index (χ2v) is 7.87. The maximum atomic E-state index is 14.8. The standard InChI is InChI=1S/C22H21F4N5O/c1-30(15-7-8-15)20(12-2-5-14(27)6-3-12)13-4-9-16(23)17(10-13)31-18(21(28)32)11-19(29-31)22(24,25)26/h2-6,9-11,15,20H,7-8,27H2,1H3,(H2,28,32). The Kier molecular flexibility index (Phi) is 5.41. The van der Waals surface area contributed by atoms with Gasteiger partial charge in [0.2, 0.25) is 0 Å². The van der Waals surface area contributed by atoms with E-state index in [1.165, 1.54) is 6.07 Å². The second kappa shape index (κ2) is 7.94. The molecule has 1 amide bonds. The molecule has 4 rings (SSSR count). The maximum Gasteiger partial charge on any atom is 0.435 e. The van der Waals surface area contributed by atoms with Gasteiger partial charge in [-0.05, 0) is 55.3 Å². The molecule has 1 fully saturated rings. The summed E-state index contributed by atoms with van der Waals surface area (Å²) in [6, 6.07) is 11.9. The van der Waals surface area contributed by atoms with Crippen LogP contribution in [0.25, 0.3) is 5.69 Å². The monoisotopic (exact) mass is 447 g/mol. The number of hydrogen-bond donors (Lipinski definition) is 2. The number of anilines is 1. The zero-order chi connectivity index (χ0) is 23.2. The summed E-state index contributed by atoms with van der Waals surface area (Å²) in [4.78, 5) is 13.9. The summed E-state index contributed by atoms with van der Waals surface area (Å²) in [5.41, 5.74) is 11.0. The number of aromatic nitrogens is 2. The van der Waals surface area contributed by atoms with E-state index < -0.39 is 29.3 Å². The number of carbonyl (C=O) groups is 1. The number of halogens is 4. The van der Waals surface area contributed by atoms with Crippen molar-refractivity contribution in [3.63, 3.8) is 0 Å². The molecule has 0 bridgehead atoms. The number of hydrogen-bond acceptors (Lipinski definition) is 4. The third-order valence-corrected chi connectivity index (χ3v) is 5.55. The van der Waals surface area contributed by atoms with Crippen LogP contribution in [0.15, 0.2) is 48.5 Å². The SMILES string of the molecule is CN(C1CC1)C(c1ccc(N)cc1)c1ccc(F)c(-n2nc(C(F)(F)F)cc2C(N)=O)c1. The van der Waals surface area contributed by atoms with Gasteiger partial charge in [-0.1, -0.05) is 18.2 Å². The summed E-state index contributed by atoms with van der Waals surface area (Å²) in [5.74, 6) is -1.99. The largest absolute Gasteiger partial charge is 0.435 e. The van der Waals surface area contributed by atoms with Gasteiger partial charge in [0, 0.05) is 17.8 Å². The van der Waals surface area contributed by atoms with Gasteiger partial charge in [-0.25, -0.2) is 9.07 Å². The minimum atomic E-state index is -4.82. The normalized spacial score (nSPS) is 15.2. The fourth-order valence-corrected chi connectivity index (χ4v) is 3.77. The molecule has 168 valence electrons. The van der Waals surface area contributed by atoms with E-state index in [-0.39, 0.29) is 11.7 Å². The molecule has 1 unspecified atom stereocenters. The van der Waals surface area contributed by atoms with Crippen molar-refractivity contribution in [1.29, 1.82) is 0 Å². The molecule has 3 aromatic rings. The van der Waals surface area contributed by atoms with E-state index in [0.717, 1.165) is 24.5 Å².